The number of fused-ring (bicyclic) bond motifs is 1. The zero-order valence-corrected chi connectivity index (χ0v) is 16.5. The average Bonchev–Trinajstić information content (AvgIpc) is 2.70. The number of nitrogens with zero attached hydrogens (tertiary/aromatic N) is 1. The lowest BCUT2D eigenvalue weighted by Crippen LogP contribution is -2.52. The molecule has 4 rings (SSSR count). The van der Waals surface area contributed by atoms with Crippen LogP contribution < -0.4 is 9.47 Å². The van der Waals surface area contributed by atoms with Crippen molar-refractivity contribution < 1.29 is 19.1 Å². The third-order valence-corrected chi connectivity index (χ3v) is 5.83. The summed E-state index contributed by atoms with van der Waals surface area (Å²) in [5, 5.41) is 0.533. The topological polar surface area (TPSA) is 55.8 Å². The van der Waals surface area contributed by atoms with Gasteiger partial charge in [0, 0.05) is 31.0 Å². The van der Waals surface area contributed by atoms with Crippen LogP contribution in [0.5, 0.6) is 11.5 Å². The fraction of sp³-hybridized carbons (Fsp3) is 0.364. The van der Waals surface area contributed by atoms with E-state index in [1.807, 2.05) is 29.2 Å². The Hall–Kier alpha value is -2.53. The number of ketones is 1. The Balaban J connectivity index is 1.39. The molecule has 1 amide bonds. The predicted molar refractivity (Wildman–Crippen MR) is 106 cm³/mol. The van der Waals surface area contributed by atoms with Crippen LogP contribution in [0.1, 0.15) is 35.2 Å². The molecule has 0 aromatic heterocycles. The average molecular weight is 400 g/mol. The number of benzene rings is 2. The first-order valence-corrected chi connectivity index (χ1v) is 9.78. The van der Waals surface area contributed by atoms with Crippen LogP contribution >= 0.6 is 11.6 Å². The Morgan fingerprint density at radius 2 is 1.89 bits per heavy atom. The largest absolute Gasteiger partial charge is 0.497 e. The number of halogens is 1. The number of amides is 1. The summed E-state index contributed by atoms with van der Waals surface area (Å²) in [5.74, 6) is 1.52. The summed E-state index contributed by atoms with van der Waals surface area (Å²) < 4.78 is 11.4. The van der Waals surface area contributed by atoms with E-state index in [9.17, 15) is 9.59 Å². The number of piperidine rings is 1. The van der Waals surface area contributed by atoms with Gasteiger partial charge in [-0.3, -0.25) is 9.59 Å². The highest BCUT2D eigenvalue weighted by atomic mass is 35.5. The lowest BCUT2D eigenvalue weighted by Gasteiger charge is -2.44. The van der Waals surface area contributed by atoms with Crippen LogP contribution in [0.4, 0.5) is 0 Å². The molecular formula is C22H22ClNO4. The van der Waals surface area contributed by atoms with Gasteiger partial charge >= 0.3 is 0 Å². The molecule has 2 heterocycles. The summed E-state index contributed by atoms with van der Waals surface area (Å²) >= 11 is 6.00. The molecule has 2 aliphatic heterocycles. The molecule has 146 valence electrons. The SMILES string of the molecule is COc1ccc(CC(=O)N2CCC3(CC2)CC(=O)c2cc(Cl)ccc2O3)cc1. The number of carbonyl (C=O) groups is 2. The van der Waals surface area contributed by atoms with Crippen molar-refractivity contribution in [2.75, 3.05) is 20.2 Å². The fourth-order valence-corrected chi connectivity index (χ4v) is 4.11. The molecular weight excluding hydrogens is 378 g/mol. The van der Waals surface area contributed by atoms with Crippen LogP contribution in [-0.4, -0.2) is 42.4 Å². The molecule has 0 atom stereocenters. The standard InChI is InChI=1S/C22H22ClNO4/c1-27-17-5-2-15(3-6-17)12-21(26)24-10-8-22(9-11-24)14-19(25)18-13-16(23)4-7-20(18)28-22/h2-7,13H,8-12,14H2,1H3. The highest BCUT2D eigenvalue weighted by Crippen LogP contribution is 2.40. The maximum absolute atomic E-state index is 12.7. The quantitative estimate of drug-likeness (QED) is 0.785. The first-order chi connectivity index (χ1) is 13.5. The van der Waals surface area contributed by atoms with E-state index in [0.29, 0.717) is 55.1 Å². The van der Waals surface area contributed by atoms with E-state index in [1.165, 1.54) is 0 Å². The van der Waals surface area contributed by atoms with Gasteiger partial charge in [-0.05, 0) is 35.9 Å². The van der Waals surface area contributed by atoms with E-state index < -0.39 is 5.60 Å². The van der Waals surface area contributed by atoms with Gasteiger partial charge in [-0.1, -0.05) is 23.7 Å². The molecule has 0 aliphatic carbocycles. The van der Waals surface area contributed by atoms with Crippen LogP contribution in [0, 0.1) is 0 Å². The normalized spacial score (nSPS) is 17.8. The molecule has 0 radical (unpaired) electrons. The molecule has 1 saturated heterocycles. The van der Waals surface area contributed by atoms with E-state index in [2.05, 4.69) is 0 Å². The van der Waals surface area contributed by atoms with E-state index in [1.54, 1.807) is 25.3 Å². The van der Waals surface area contributed by atoms with Gasteiger partial charge in [0.05, 0.1) is 25.5 Å². The lowest BCUT2D eigenvalue weighted by molar-refractivity contribution is -0.134. The lowest BCUT2D eigenvalue weighted by atomic mass is 9.82. The maximum Gasteiger partial charge on any atom is 0.226 e. The van der Waals surface area contributed by atoms with Crippen molar-refractivity contribution in [3.05, 3.63) is 58.6 Å². The molecule has 6 heteroatoms. The summed E-state index contributed by atoms with van der Waals surface area (Å²) in [4.78, 5) is 27.1. The molecule has 1 spiro atoms. The van der Waals surface area contributed by atoms with Crippen molar-refractivity contribution in [2.24, 2.45) is 0 Å². The van der Waals surface area contributed by atoms with Crippen molar-refractivity contribution in [3.63, 3.8) is 0 Å². The Labute approximate surface area is 169 Å². The molecule has 0 saturated carbocycles. The summed E-state index contributed by atoms with van der Waals surface area (Å²) in [7, 11) is 1.62. The number of hydrogen-bond donors (Lipinski definition) is 0. The number of Topliss-reactive ketones (excluding diaryl/α,β-unsaturated/α-hetero) is 1. The van der Waals surface area contributed by atoms with Crippen molar-refractivity contribution >= 4 is 23.3 Å². The third-order valence-electron chi connectivity index (χ3n) is 5.59. The minimum absolute atomic E-state index is 0.0572. The van der Waals surface area contributed by atoms with Crippen molar-refractivity contribution in [3.8, 4) is 11.5 Å². The molecule has 2 aromatic carbocycles. The highest BCUT2D eigenvalue weighted by molar-refractivity contribution is 6.31. The van der Waals surface area contributed by atoms with E-state index in [4.69, 9.17) is 21.1 Å². The third kappa shape index (κ3) is 3.72. The molecule has 5 nitrogen and oxygen atoms in total. The highest BCUT2D eigenvalue weighted by Gasteiger charge is 2.43. The minimum Gasteiger partial charge on any atom is -0.497 e. The molecule has 0 bridgehead atoms. The van der Waals surface area contributed by atoms with Gasteiger partial charge in [0.15, 0.2) is 5.78 Å². The molecule has 1 fully saturated rings. The monoisotopic (exact) mass is 399 g/mol. The molecule has 28 heavy (non-hydrogen) atoms. The summed E-state index contributed by atoms with van der Waals surface area (Å²) in [6.07, 6.45) is 1.99. The number of ether oxygens (including phenoxy) is 2. The Kier molecular flexibility index (Phi) is 5.02. The minimum atomic E-state index is -0.519. The first kappa shape index (κ1) is 18.8. The molecule has 0 unspecified atom stereocenters. The summed E-state index contributed by atoms with van der Waals surface area (Å²) in [6, 6.07) is 12.7. The maximum atomic E-state index is 12.7. The second-order valence-electron chi connectivity index (χ2n) is 7.43. The summed E-state index contributed by atoms with van der Waals surface area (Å²) in [5.41, 5.74) is 0.992. The Morgan fingerprint density at radius 1 is 1.18 bits per heavy atom. The number of carbonyl (C=O) groups excluding carboxylic acids is 2. The van der Waals surface area contributed by atoms with Gasteiger partial charge in [0.25, 0.3) is 0 Å². The van der Waals surface area contributed by atoms with Gasteiger partial charge in [-0.15, -0.1) is 0 Å². The molecule has 2 aliphatic rings. The molecule has 2 aromatic rings. The Bertz CT molecular complexity index is 901. The molecule has 0 N–H and O–H groups in total. The van der Waals surface area contributed by atoms with E-state index in [0.717, 1.165) is 11.3 Å². The van der Waals surface area contributed by atoms with Gasteiger partial charge in [-0.2, -0.15) is 0 Å². The number of methoxy groups -OCH3 is 1. The van der Waals surface area contributed by atoms with E-state index >= 15 is 0 Å². The second-order valence-corrected chi connectivity index (χ2v) is 7.87. The number of hydrogen-bond acceptors (Lipinski definition) is 4. The van der Waals surface area contributed by atoms with Crippen molar-refractivity contribution in [1.29, 1.82) is 0 Å². The van der Waals surface area contributed by atoms with Crippen LogP contribution in [0.3, 0.4) is 0 Å². The summed E-state index contributed by atoms with van der Waals surface area (Å²) in [6.45, 7) is 1.18. The second kappa shape index (κ2) is 7.47. The first-order valence-electron chi connectivity index (χ1n) is 9.40. The predicted octanol–water partition coefficient (Wildman–Crippen LogP) is 3.92. The fourth-order valence-electron chi connectivity index (χ4n) is 3.94. The van der Waals surface area contributed by atoms with Crippen LogP contribution in [0.15, 0.2) is 42.5 Å². The smallest absolute Gasteiger partial charge is 0.226 e. The van der Waals surface area contributed by atoms with Gasteiger partial charge in [0.2, 0.25) is 5.91 Å². The number of rotatable bonds is 3. The van der Waals surface area contributed by atoms with Crippen molar-refractivity contribution in [2.45, 2.75) is 31.3 Å². The van der Waals surface area contributed by atoms with E-state index in [-0.39, 0.29) is 11.7 Å². The van der Waals surface area contributed by atoms with Crippen LogP contribution in [-0.2, 0) is 11.2 Å². The number of likely N-dealkylation sites (tertiary alicyclic amines) is 1. The zero-order valence-electron chi connectivity index (χ0n) is 15.7. The Morgan fingerprint density at radius 3 is 2.57 bits per heavy atom. The zero-order chi connectivity index (χ0) is 19.7. The van der Waals surface area contributed by atoms with Crippen LogP contribution in [0.2, 0.25) is 5.02 Å². The van der Waals surface area contributed by atoms with Gasteiger partial charge < -0.3 is 14.4 Å². The van der Waals surface area contributed by atoms with Crippen LogP contribution in [0.25, 0.3) is 0 Å². The van der Waals surface area contributed by atoms with Gasteiger partial charge in [0.1, 0.15) is 17.1 Å². The van der Waals surface area contributed by atoms with Gasteiger partial charge in [-0.25, -0.2) is 0 Å². The van der Waals surface area contributed by atoms with Crippen molar-refractivity contribution in [1.82, 2.24) is 4.90 Å².